The molecule has 1 amide bonds. The zero-order chi connectivity index (χ0) is 26.5. The van der Waals surface area contributed by atoms with Gasteiger partial charge in [0.1, 0.15) is 17.6 Å². The molecule has 194 valence electrons. The molecule has 1 saturated heterocycles. The maximum Gasteiger partial charge on any atom is 0.255 e. The number of rotatable bonds is 7. The maximum atomic E-state index is 13.0. The molecule has 1 aliphatic rings. The largest absolute Gasteiger partial charge is 0.496 e. The zero-order valence-corrected chi connectivity index (χ0v) is 22.2. The minimum Gasteiger partial charge on any atom is -0.496 e. The van der Waals surface area contributed by atoms with Crippen LogP contribution in [0.25, 0.3) is 22.3 Å². The van der Waals surface area contributed by atoms with E-state index in [4.69, 9.17) is 9.47 Å². The van der Waals surface area contributed by atoms with Crippen LogP contribution < -0.4 is 14.8 Å². The van der Waals surface area contributed by atoms with Crippen LogP contribution in [0.2, 0.25) is 0 Å². The number of carbonyl (C=O) groups is 1. The quantitative estimate of drug-likeness (QED) is 0.291. The highest BCUT2D eigenvalue weighted by atomic mass is 16.5. The molecular formula is C33H34N2O3. The number of ether oxygens (including phenoxy) is 2. The number of benzene rings is 4. The first-order chi connectivity index (χ1) is 18.5. The molecule has 1 heterocycles. The highest BCUT2D eigenvalue weighted by Gasteiger charge is 2.18. The van der Waals surface area contributed by atoms with Crippen LogP contribution in [0.1, 0.15) is 28.8 Å². The molecule has 1 aliphatic heterocycles. The predicted octanol–water partition coefficient (Wildman–Crippen LogP) is 7.06. The Morgan fingerprint density at radius 1 is 0.842 bits per heavy atom. The van der Waals surface area contributed by atoms with E-state index in [1.807, 2.05) is 66.7 Å². The van der Waals surface area contributed by atoms with Crippen molar-refractivity contribution in [3.05, 3.63) is 102 Å². The van der Waals surface area contributed by atoms with Gasteiger partial charge in [0.25, 0.3) is 5.91 Å². The highest BCUT2D eigenvalue weighted by Crippen LogP contribution is 2.33. The number of nitrogens with zero attached hydrogens (tertiary/aromatic N) is 1. The summed E-state index contributed by atoms with van der Waals surface area (Å²) in [6.07, 6.45) is 2.41. The summed E-state index contributed by atoms with van der Waals surface area (Å²) in [6.45, 7) is 4.22. The summed E-state index contributed by atoms with van der Waals surface area (Å²) in [5, 5.41) is 3.03. The Bertz CT molecular complexity index is 1390. The SMILES string of the molecule is COc1ccc(NC(=O)c2ccc(-c3ccc(OC4CCN(C)CC4)cc3)cc2)cc1-c1cccc(C)c1. The van der Waals surface area contributed by atoms with Gasteiger partial charge in [0.2, 0.25) is 0 Å². The average Bonchev–Trinajstić information content (AvgIpc) is 2.95. The van der Waals surface area contributed by atoms with Gasteiger partial charge in [-0.05, 0) is 86.0 Å². The maximum absolute atomic E-state index is 13.0. The predicted molar refractivity (Wildman–Crippen MR) is 154 cm³/mol. The number of piperidine rings is 1. The summed E-state index contributed by atoms with van der Waals surface area (Å²) in [4.78, 5) is 15.4. The molecule has 0 saturated carbocycles. The molecule has 0 bridgehead atoms. The Morgan fingerprint density at radius 3 is 2.18 bits per heavy atom. The van der Waals surface area contributed by atoms with Gasteiger partial charge in [-0.3, -0.25) is 4.79 Å². The fourth-order valence-electron chi connectivity index (χ4n) is 4.86. The van der Waals surface area contributed by atoms with Crippen LogP contribution in [-0.4, -0.2) is 44.2 Å². The van der Waals surface area contributed by atoms with E-state index in [1.165, 1.54) is 5.56 Å². The Balaban J connectivity index is 1.25. The lowest BCUT2D eigenvalue weighted by Gasteiger charge is -2.29. The number of carbonyl (C=O) groups excluding carboxylic acids is 1. The summed E-state index contributed by atoms with van der Waals surface area (Å²) >= 11 is 0. The van der Waals surface area contributed by atoms with Crippen LogP contribution in [-0.2, 0) is 0 Å². The van der Waals surface area contributed by atoms with Crippen molar-refractivity contribution in [3.63, 3.8) is 0 Å². The van der Waals surface area contributed by atoms with Crippen LogP contribution in [0, 0.1) is 6.92 Å². The van der Waals surface area contributed by atoms with Crippen molar-refractivity contribution >= 4 is 11.6 Å². The Hall–Kier alpha value is -4.09. The third kappa shape index (κ3) is 6.06. The molecule has 0 atom stereocenters. The molecule has 4 aromatic carbocycles. The molecule has 0 unspecified atom stereocenters. The molecule has 38 heavy (non-hydrogen) atoms. The van der Waals surface area contributed by atoms with E-state index in [0.717, 1.165) is 65.4 Å². The molecule has 0 radical (unpaired) electrons. The lowest BCUT2D eigenvalue weighted by molar-refractivity contribution is 0.102. The topological polar surface area (TPSA) is 50.8 Å². The van der Waals surface area contributed by atoms with E-state index in [9.17, 15) is 4.79 Å². The molecular weight excluding hydrogens is 472 g/mol. The van der Waals surface area contributed by atoms with Crippen LogP contribution >= 0.6 is 0 Å². The van der Waals surface area contributed by atoms with Crippen molar-refractivity contribution in [2.75, 3.05) is 32.6 Å². The van der Waals surface area contributed by atoms with E-state index < -0.39 is 0 Å². The van der Waals surface area contributed by atoms with E-state index in [-0.39, 0.29) is 12.0 Å². The van der Waals surface area contributed by atoms with Gasteiger partial charge in [0.05, 0.1) is 7.11 Å². The first kappa shape index (κ1) is 25.6. The van der Waals surface area contributed by atoms with Gasteiger partial charge in [0, 0.05) is 29.9 Å². The third-order valence-electron chi connectivity index (χ3n) is 7.09. The van der Waals surface area contributed by atoms with Gasteiger partial charge in [-0.1, -0.05) is 54.1 Å². The van der Waals surface area contributed by atoms with Gasteiger partial charge in [0.15, 0.2) is 0 Å². The summed E-state index contributed by atoms with van der Waals surface area (Å²) in [5.74, 6) is 1.52. The molecule has 1 fully saturated rings. The van der Waals surface area contributed by atoms with Crippen LogP contribution in [0.3, 0.4) is 0 Å². The highest BCUT2D eigenvalue weighted by molar-refractivity contribution is 6.05. The minimum atomic E-state index is -0.154. The fraction of sp³-hybridized carbons (Fsp3) is 0.242. The van der Waals surface area contributed by atoms with Crippen molar-refractivity contribution in [3.8, 4) is 33.8 Å². The number of amides is 1. The van der Waals surface area contributed by atoms with Gasteiger partial charge >= 0.3 is 0 Å². The number of nitrogens with one attached hydrogen (secondary N) is 1. The molecule has 0 aromatic heterocycles. The molecule has 5 rings (SSSR count). The lowest BCUT2D eigenvalue weighted by Crippen LogP contribution is -2.35. The molecule has 0 spiro atoms. The fourth-order valence-corrected chi connectivity index (χ4v) is 4.86. The first-order valence-corrected chi connectivity index (χ1v) is 13.1. The molecule has 4 aromatic rings. The summed E-state index contributed by atoms with van der Waals surface area (Å²) < 4.78 is 11.7. The summed E-state index contributed by atoms with van der Waals surface area (Å²) in [7, 11) is 3.81. The van der Waals surface area contributed by atoms with Crippen molar-refractivity contribution < 1.29 is 14.3 Å². The number of aryl methyl sites for hydroxylation is 1. The molecule has 0 aliphatic carbocycles. The number of hydrogen-bond acceptors (Lipinski definition) is 4. The molecule has 1 N–H and O–H groups in total. The van der Waals surface area contributed by atoms with Gasteiger partial charge in [-0.2, -0.15) is 0 Å². The molecule has 5 heteroatoms. The second-order valence-corrected chi connectivity index (χ2v) is 9.96. The number of likely N-dealkylation sites (tertiary alicyclic amines) is 1. The Labute approximate surface area is 225 Å². The number of methoxy groups -OCH3 is 1. The van der Waals surface area contributed by atoms with E-state index >= 15 is 0 Å². The Morgan fingerprint density at radius 2 is 1.53 bits per heavy atom. The monoisotopic (exact) mass is 506 g/mol. The third-order valence-corrected chi connectivity index (χ3v) is 7.09. The van der Waals surface area contributed by atoms with Crippen LogP contribution in [0.4, 0.5) is 5.69 Å². The summed E-state index contributed by atoms with van der Waals surface area (Å²) in [6, 6.07) is 29.8. The van der Waals surface area contributed by atoms with Gasteiger partial charge in [-0.25, -0.2) is 0 Å². The number of hydrogen-bond donors (Lipinski definition) is 1. The lowest BCUT2D eigenvalue weighted by atomic mass is 10.0. The van der Waals surface area contributed by atoms with E-state index in [1.54, 1.807) is 7.11 Å². The smallest absolute Gasteiger partial charge is 0.255 e. The first-order valence-electron chi connectivity index (χ1n) is 13.1. The number of anilines is 1. The standard InChI is InChI=1S/C33H34N2O3/c1-23-5-4-6-27(21-23)31-22-28(13-16-32(31)37-3)34-33(36)26-9-7-24(8-10-26)25-11-14-29(15-12-25)38-30-17-19-35(2)20-18-30/h4-16,21-22,30H,17-20H2,1-3H3,(H,34,36). The minimum absolute atomic E-state index is 0.154. The van der Waals surface area contributed by atoms with Gasteiger partial charge < -0.3 is 19.7 Å². The average molecular weight is 507 g/mol. The second kappa shape index (κ2) is 11.5. The van der Waals surface area contributed by atoms with Crippen molar-refractivity contribution in [1.29, 1.82) is 0 Å². The molecule has 5 nitrogen and oxygen atoms in total. The zero-order valence-electron chi connectivity index (χ0n) is 22.2. The van der Waals surface area contributed by atoms with Crippen molar-refractivity contribution in [2.24, 2.45) is 0 Å². The van der Waals surface area contributed by atoms with E-state index in [0.29, 0.717) is 5.56 Å². The Kier molecular flexibility index (Phi) is 7.75. The van der Waals surface area contributed by atoms with Gasteiger partial charge in [-0.15, -0.1) is 0 Å². The summed E-state index contributed by atoms with van der Waals surface area (Å²) in [5.41, 5.74) is 6.61. The van der Waals surface area contributed by atoms with Crippen LogP contribution in [0.5, 0.6) is 11.5 Å². The second-order valence-electron chi connectivity index (χ2n) is 9.96. The van der Waals surface area contributed by atoms with Crippen molar-refractivity contribution in [1.82, 2.24) is 4.90 Å². The van der Waals surface area contributed by atoms with E-state index in [2.05, 4.69) is 48.5 Å². The van der Waals surface area contributed by atoms with Crippen molar-refractivity contribution in [2.45, 2.75) is 25.9 Å². The van der Waals surface area contributed by atoms with Crippen LogP contribution in [0.15, 0.2) is 91.0 Å². The normalized spacial score (nSPS) is 14.2.